The maximum atomic E-state index is 9.12. The van der Waals surface area contributed by atoms with Crippen LogP contribution in [0, 0.1) is 11.3 Å². The molecule has 20 heavy (non-hydrogen) atoms. The molecule has 0 bridgehead atoms. The Hall–Kier alpha value is -2.22. The molecule has 0 saturated carbocycles. The van der Waals surface area contributed by atoms with E-state index in [1.807, 2.05) is 6.07 Å². The van der Waals surface area contributed by atoms with Gasteiger partial charge in [-0.15, -0.1) is 0 Å². The molecule has 0 aliphatic heterocycles. The number of rotatable bonds is 1. The first kappa shape index (κ1) is 12.8. The molecule has 0 fully saturated rings. The van der Waals surface area contributed by atoms with Gasteiger partial charge in [-0.25, -0.2) is 4.98 Å². The Kier molecular flexibility index (Phi) is 3.01. The number of hydrogen-bond donors (Lipinski definition) is 1. The third-order valence-corrected chi connectivity index (χ3v) is 3.81. The van der Waals surface area contributed by atoms with Crippen molar-refractivity contribution in [1.29, 1.82) is 5.26 Å². The van der Waals surface area contributed by atoms with E-state index in [1.54, 1.807) is 34.9 Å². The molecule has 1 heterocycles. The van der Waals surface area contributed by atoms with Gasteiger partial charge in [-0.05, 0) is 24.3 Å². The van der Waals surface area contributed by atoms with Gasteiger partial charge in [-0.2, -0.15) is 5.26 Å². The van der Waals surface area contributed by atoms with E-state index in [2.05, 4.69) is 11.1 Å². The molecule has 98 valence electrons. The van der Waals surface area contributed by atoms with Crippen molar-refractivity contribution in [3.8, 4) is 11.8 Å². The molecule has 2 N–H and O–H groups in total. The minimum atomic E-state index is 0.256. The number of benzene rings is 2. The molecule has 0 radical (unpaired) electrons. The number of nitrogen functional groups attached to an aromatic ring is 1. The molecule has 0 saturated heterocycles. The van der Waals surface area contributed by atoms with Gasteiger partial charge in [0.2, 0.25) is 5.95 Å². The summed E-state index contributed by atoms with van der Waals surface area (Å²) in [5.41, 5.74) is 8.32. The second-order valence-electron chi connectivity index (χ2n) is 4.16. The minimum Gasteiger partial charge on any atom is -0.369 e. The Morgan fingerprint density at radius 3 is 2.65 bits per heavy atom. The highest BCUT2D eigenvalue weighted by molar-refractivity contribution is 6.43. The molecule has 0 aliphatic carbocycles. The van der Waals surface area contributed by atoms with Gasteiger partial charge in [0.05, 0.1) is 26.8 Å². The first-order chi connectivity index (χ1) is 9.63. The number of anilines is 1. The van der Waals surface area contributed by atoms with Crippen LogP contribution in [0.4, 0.5) is 5.95 Å². The number of fused-ring (bicyclic) bond motifs is 1. The van der Waals surface area contributed by atoms with E-state index < -0.39 is 0 Å². The molecule has 2 aromatic carbocycles. The lowest BCUT2D eigenvalue weighted by Crippen LogP contribution is -2.01. The molecule has 3 rings (SSSR count). The van der Waals surface area contributed by atoms with E-state index in [1.165, 1.54) is 0 Å². The van der Waals surface area contributed by atoms with Crippen molar-refractivity contribution in [3.05, 3.63) is 52.0 Å². The van der Waals surface area contributed by atoms with Gasteiger partial charge < -0.3 is 5.73 Å². The zero-order valence-corrected chi connectivity index (χ0v) is 11.7. The predicted octanol–water partition coefficient (Wildman–Crippen LogP) is 3.79. The maximum absolute atomic E-state index is 9.12. The van der Waals surface area contributed by atoms with E-state index in [9.17, 15) is 0 Å². The van der Waals surface area contributed by atoms with Gasteiger partial charge >= 0.3 is 0 Å². The molecular formula is C14H8Cl2N4. The fraction of sp³-hybridized carbons (Fsp3) is 0. The third kappa shape index (κ3) is 1.80. The second-order valence-corrected chi connectivity index (χ2v) is 4.95. The van der Waals surface area contributed by atoms with Gasteiger partial charge in [0.15, 0.2) is 0 Å². The summed E-state index contributed by atoms with van der Waals surface area (Å²) < 4.78 is 1.68. The van der Waals surface area contributed by atoms with Crippen molar-refractivity contribution in [3.63, 3.8) is 0 Å². The van der Waals surface area contributed by atoms with Crippen molar-refractivity contribution in [1.82, 2.24) is 9.55 Å². The SMILES string of the molecule is N#Cc1cccc2c1nc(N)n2-c1cccc(Cl)c1Cl. The summed E-state index contributed by atoms with van der Waals surface area (Å²) >= 11 is 12.3. The Morgan fingerprint density at radius 2 is 1.90 bits per heavy atom. The minimum absolute atomic E-state index is 0.256. The van der Waals surface area contributed by atoms with Crippen LogP contribution in [0.1, 0.15) is 5.56 Å². The van der Waals surface area contributed by atoms with E-state index in [0.717, 1.165) is 0 Å². The first-order valence-electron chi connectivity index (χ1n) is 5.75. The monoisotopic (exact) mass is 302 g/mol. The number of nitrogens with two attached hydrogens (primary N) is 1. The van der Waals surface area contributed by atoms with Crippen LogP contribution in [0.2, 0.25) is 10.0 Å². The normalized spacial score (nSPS) is 10.7. The van der Waals surface area contributed by atoms with Gasteiger partial charge in [0.25, 0.3) is 0 Å². The number of nitriles is 1. The number of imidazole rings is 1. The lowest BCUT2D eigenvalue weighted by atomic mass is 10.2. The highest BCUT2D eigenvalue weighted by Crippen LogP contribution is 2.33. The Balaban J connectivity index is 2.41. The molecule has 3 aromatic rings. The van der Waals surface area contributed by atoms with Crippen LogP contribution in [0.25, 0.3) is 16.7 Å². The lowest BCUT2D eigenvalue weighted by Gasteiger charge is -2.09. The summed E-state index contributed by atoms with van der Waals surface area (Å²) in [5.74, 6) is 0.256. The van der Waals surface area contributed by atoms with Crippen LogP contribution in [0.15, 0.2) is 36.4 Å². The first-order valence-corrected chi connectivity index (χ1v) is 6.50. The largest absolute Gasteiger partial charge is 0.369 e. The second kappa shape index (κ2) is 4.71. The summed E-state index contributed by atoms with van der Waals surface area (Å²) in [6.45, 7) is 0. The summed E-state index contributed by atoms with van der Waals surface area (Å²) in [7, 11) is 0. The molecule has 6 heteroatoms. The third-order valence-electron chi connectivity index (χ3n) is 3.00. The number of hydrogen-bond acceptors (Lipinski definition) is 3. The predicted molar refractivity (Wildman–Crippen MR) is 80.2 cm³/mol. The van der Waals surface area contributed by atoms with Gasteiger partial charge in [0.1, 0.15) is 11.6 Å². The molecule has 0 amide bonds. The van der Waals surface area contributed by atoms with E-state index in [-0.39, 0.29) is 5.95 Å². The van der Waals surface area contributed by atoms with Gasteiger partial charge in [-0.3, -0.25) is 4.57 Å². The zero-order valence-electron chi connectivity index (χ0n) is 10.1. The molecule has 0 atom stereocenters. The van der Waals surface area contributed by atoms with Crippen LogP contribution >= 0.6 is 23.2 Å². The van der Waals surface area contributed by atoms with Crippen molar-refractivity contribution in [2.24, 2.45) is 0 Å². The standard InChI is InChI=1S/C14H8Cl2N4/c15-9-4-2-5-10(12(9)16)20-11-6-1-3-8(7-17)13(11)19-14(20)18/h1-6H,(H2,18,19). The Morgan fingerprint density at radius 1 is 1.15 bits per heavy atom. The number of nitrogens with zero attached hydrogens (tertiary/aromatic N) is 3. The molecule has 0 spiro atoms. The fourth-order valence-corrected chi connectivity index (χ4v) is 2.51. The van der Waals surface area contributed by atoms with Crippen LogP contribution in [-0.4, -0.2) is 9.55 Å². The van der Waals surface area contributed by atoms with Crippen molar-refractivity contribution in [2.45, 2.75) is 0 Å². The van der Waals surface area contributed by atoms with Gasteiger partial charge in [-0.1, -0.05) is 35.3 Å². The average Bonchev–Trinajstić information content (AvgIpc) is 2.78. The number of aromatic nitrogens is 2. The average molecular weight is 303 g/mol. The van der Waals surface area contributed by atoms with Crippen molar-refractivity contribution < 1.29 is 0 Å². The summed E-state index contributed by atoms with van der Waals surface area (Å²) in [4.78, 5) is 4.25. The Bertz CT molecular complexity index is 861. The van der Waals surface area contributed by atoms with Crippen LogP contribution < -0.4 is 5.73 Å². The summed E-state index contributed by atoms with van der Waals surface area (Å²) in [6.07, 6.45) is 0. The molecule has 0 unspecified atom stereocenters. The highest BCUT2D eigenvalue weighted by Gasteiger charge is 2.15. The molecular weight excluding hydrogens is 295 g/mol. The smallest absolute Gasteiger partial charge is 0.206 e. The fourth-order valence-electron chi connectivity index (χ4n) is 2.13. The quantitative estimate of drug-likeness (QED) is 0.743. The number of para-hydroxylation sites is 1. The van der Waals surface area contributed by atoms with E-state index in [4.69, 9.17) is 34.2 Å². The van der Waals surface area contributed by atoms with Crippen molar-refractivity contribution >= 4 is 40.2 Å². The van der Waals surface area contributed by atoms with E-state index in [0.29, 0.717) is 32.3 Å². The maximum Gasteiger partial charge on any atom is 0.206 e. The lowest BCUT2D eigenvalue weighted by molar-refractivity contribution is 1.11. The van der Waals surface area contributed by atoms with Crippen LogP contribution in [0.3, 0.4) is 0 Å². The topological polar surface area (TPSA) is 67.6 Å². The Labute approximate surface area is 125 Å². The highest BCUT2D eigenvalue weighted by atomic mass is 35.5. The molecule has 1 aromatic heterocycles. The van der Waals surface area contributed by atoms with Crippen molar-refractivity contribution in [2.75, 3.05) is 5.73 Å². The number of halogens is 2. The van der Waals surface area contributed by atoms with Crippen LogP contribution in [0.5, 0.6) is 0 Å². The molecule has 0 aliphatic rings. The van der Waals surface area contributed by atoms with Crippen LogP contribution in [-0.2, 0) is 0 Å². The zero-order chi connectivity index (χ0) is 14.3. The summed E-state index contributed by atoms with van der Waals surface area (Å²) in [6, 6.07) is 12.7. The molecule has 4 nitrogen and oxygen atoms in total. The van der Waals surface area contributed by atoms with E-state index >= 15 is 0 Å². The summed E-state index contributed by atoms with van der Waals surface area (Å²) in [5, 5.41) is 9.94. The van der Waals surface area contributed by atoms with Gasteiger partial charge in [0, 0.05) is 0 Å².